The molecule has 0 saturated carbocycles. The van der Waals surface area contributed by atoms with Crippen molar-refractivity contribution in [3.8, 4) is 0 Å². The van der Waals surface area contributed by atoms with Gasteiger partial charge < -0.3 is 15.1 Å². The molecule has 3 aromatic carbocycles. The van der Waals surface area contributed by atoms with Gasteiger partial charge in [0.1, 0.15) is 11.6 Å². The molecule has 0 radical (unpaired) electrons. The molecule has 0 spiro atoms. The fourth-order valence-electron chi connectivity index (χ4n) is 3.27. The molecule has 2 N–H and O–H groups in total. The summed E-state index contributed by atoms with van der Waals surface area (Å²) in [5.41, 5.74) is 2.73. The van der Waals surface area contributed by atoms with E-state index in [0.29, 0.717) is 16.8 Å². The van der Waals surface area contributed by atoms with Gasteiger partial charge in [0.25, 0.3) is 11.8 Å². The van der Waals surface area contributed by atoms with Gasteiger partial charge in [0.15, 0.2) is 5.76 Å². The van der Waals surface area contributed by atoms with Gasteiger partial charge in [0.05, 0.1) is 0 Å². The van der Waals surface area contributed by atoms with Gasteiger partial charge in [-0.1, -0.05) is 66.7 Å². The third-order valence-corrected chi connectivity index (χ3v) is 4.76. The molecule has 1 atom stereocenters. The number of hydrogen-bond acceptors (Lipinski definition) is 3. The minimum absolute atomic E-state index is 0.208. The highest BCUT2D eigenvalue weighted by Crippen LogP contribution is 2.26. The van der Waals surface area contributed by atoms with Crippen molar-refractivity contribution in [2.45, 2.75) is 13.0 Å². The van der Waals surface area contributed by atoms with Gasteiger partial charge in [-0.2, -0.15) is 0 Å². The van der Waals surface area contributed by atoms with E-state index in [1.165, 1.54) is 0 Å². The van der Waals surface area contributed by atoms with Gasteiger partial charge in [-0.15, -0.1) is 0 Å². The third kappa shape index (κ3) is 3.89. The molecule has 0 bridgehead atoms. The normalized spacial score (nSPS) is 11.8. The topological polar surface area (TPSA) is 71.3 Å². The predicted octanol–water partition coefficient (Wildman–Crippen LogP) is 4.85. The summed E-state index contributed by atoms with van der Waals surface area (Å²) in [6.45, 7) is 1.84. The van der Waals surface area contributed by atoms with E-state index < -0.39 is 11.9 Å². The summed E-state index contributed by atoms with van der Waals surface area (Å²) >= 11 is 0. The first-order valence-electron chi connectivity index (χ1n) is 9.33. The quantitative estimate of drug-likeness (QED) is 0.517. The van der Waals surface area contributed by atoms with Gasteiger partial charge in [-0.3, -0.25) is 9.59 Å². The summed E-state index contributed by atoms with van der Waals surface area (Å²) in [5, 5.41) is 6.56. The predicted molar refractivity (Wildman–Crippen MR) is 113 cm³/mol. The summed E-state index contributed by atoms with van der Waals surface area (Å²) in [5.74, 6) is -0.556. The van der Waals surface area contributed by atoms with Gasteiger partial charge in [0, 0.05) is 16.6 Å². The van der Waals surface area contributed by atoms with E-state index in [4.69, 9.17) is 4.42 Å². The van der Waals surface area contributed by atoms with Crippen molar-refractivity contribution >= 4 is 28.5 Å². The maximum atomic E-state index is 13.0. The average molecular weight is 384 g/mol. The zero-order valence-corrected chi connectivity index (χ0v) is 15.9. The zero-order valence-electron chi connectivity index (χ0n) is 15.9. The summed E-state index contributed by atoms with van der Waals surface area (Å²) < 4.78 is 5.75. The number of benzene rings is 3. The second kappa shape index (κ2) is 8.02. The van der Waals surface area contributed by atoms with Crippen LogP contribution in [0.4, 0.5) is 5.69 Å². The molecule has 0 fully saturated rings. The van der Waals surface area contributed by atoms with Crippen molar-refractivity contribution in [2.24, 2.45) is 0 Å². The Morgan fingerprint density at radius 3 is 2.14 bits per heavy atom. The molecule has 5 heteroatoms. The first-order chi connectivity index (χ1) is 14.1. The number of para-hydroxylation sites is 2. The summed E-state index contributed by atoms with van der Waals surface area (Å²) in [6.07, 6.45) is 0. The molecule has 1 unspecified atom stereocenters. The van der Waals surface area contributed by atoms with Gasteiger partial charge >= 0.3 is 0 Å². The number of amides is 2. The maximum absolute atomic E-state index is 13.0. The maximum Gasteiger partial charge on any atom is 0.288 e. The van der Waals surface area contributed by atoms with Crippen LogP contribution in [-0.4, -0.2) is 11.8 Å². The van der Waals surface area contributed by atoms with E-state index in [2.05, 4.69) is 10.6 Å². The standard InChI is InChI=1S/C24H20N2O3/c1-16-19-14-8-9-15-20(19)29-22(16)24(28)26-21(17-10-4-2-5-11-17)23(27)25-18-12-6-3-7-13-18/h2-15,21H,1H3,(H,25,27)(H,26,28). The number of aryl methyl sites for hydroxylation is 1. The molecule has 1 aromatic heterocycles. The highest BCUT2D eigenvalue weighted by molar-refractivity contribution is 6.03. The lowest BCUT2D eigenvalue weighted by atomic mass is 10.1. The second-order valence-electron chi connectivity index (χ2n) is 6.72. The average Bonchev–Trinajstić information content (AvgIpc) is 3.10. The van der Waals surface area contributed by atoms with Crippen LogP contribution in [0.2, 0.25) is 0 Å². The Morgan fingerprint density at radius 2 is 1.45 bits per heavy atom. The fraction of sp³-hybridized carbons (Fsp3) is 0.0833. The first kappa shape index (κ1) is 18.5. The first-order valence-corrected chi connectivity index (χ1v) is 9.33. The summed E-state index contributed by atoms with van der Waals surface area (Å²) in [6, 6.07) is 24.9. The smallest absolute Gasteiger partial charge is 0.288 e. The molecule has 144 valence electrons. The van der Waals surface area contributed by atoms with Crippen molar-refractivity contribution in [2.75, 3.05) is 5.32 Å². The van der Waals surface area contributed by atoms with E-state index in [9.17, 15) is 9.59 Å². The van der Waals surface area contributed by atoms with Crippen LogP contribution in [0, 0.1) is 6.92 Å². The zero-order chi connectivity index (χ0) is 20.2. The number of fused-ring (bicyclic) bond motifs is 1. The van der Waals surface area contributed by atoms with Gasteiger partial charge in [-0.05, 0) is 30.7 Å². The van der Waals surface area contributed by atoms with E-state index in [1.54, 1.807) is 24.3 Å². The molecular weight excluding hydrogens is 364 g/mol. The van der Waals surface area contributed by atoms with Crippen molar-refractivity contribution in [1.82, 2.24) is 5.32 Å². The Bertz CT molecular complexity index is 1150. The van der Waals surface area contributed by atoms with Crippen molar-refractivity contribution < 1.29 is 14.0 Å². The Balaban J connectivity index is 1.63. The largest absolute Gasteiger partial charge is 0.451 e. The molecule has 4 rings (SSSR count). The number of rotatable bonds is 5. The number of nitrogens with one attached hydrogen (secondary N) is 2. The lowest BCUT2D eigenvalue weighted by molar-refractivity contribution is -0.118. The van der Waals surface area contributed by atoms with E-state index in [0.717, 1.165) is 10.9 Å². The molecule has 0 aliphatic rings. The molecule has 29 heavy (non-hydrogen) atoms. The molecule has 4 aromatic rings. The summed E-state index contributed by atoms with van der Waals surface area (Å²) in [4.78, 5) is 26.0. The minimum Gasteiger partial charge on any atom is -0.451 e. The lowest BCUT2D eigenvalue weighted by Crippen LogP contribution is -2.37. The molecular formula is C24H20N2O3. The van der Waals surface area contributed by atoms with E-state index in [1.807, 2.05) is 67.6 Å². The monoisotopic (exact) mass is 384 g/mol. The molecule has 1 heterocycles. The van der Waals surface area contributed by atoms with Crippen LogP contribution in [0.15, 0.2) is 89.3 Å². The van der Waals surface area contributed by atoms with E-state index >= 15 is 0 Å². The third-order valence-electron chi connectivity index (χ3n) is 4.76. The van der Waals surface area contributed by atoms with Crippen molar-refractivity contribution in [3.63, 3.8) is 0 Å². The molecule has 0 aliphatic carbocycles. The van der Waals surface area contributed by atoms with Gasteiger partial charge in [0.2, 0.25) is 0 Å². The van der Waals surface area contributed by atoms with Crippen LogP contribution in [0.25, 0.3) is 11.0 Å². The second-order valence-corrected chi connectivity index (χ2v) is 6.72. The lowest BCUT2D eigenvalue weighted by Gasteiger charge is -2.18. The Morgan fingerprint density at radius 1 is 0.828 bits per heavy atom. The number of carbonyl (C=O) groups is 2. The van der Waals surface area contributed by atoms with Crippen LogP contribution in [0.1, 0.15) is 27.7 Å². The number of anilines is 1. The van der Waals surface area contributed by atoms with Crippen molar-refractivity contribution in [1.29, 1.82) is 0 Å². The van der Waals surface area contributed by atoms with Crippen LogP contribution in [0.3, 0.4) is 0 Å². The molecule has 2 amide bonds. The van der Waals surface area contributed by atoms with Crippen LogP contribution < -0.4 is 10.6 Å². The number of carbonyl (C=O) groups excluding carboxylic acids is 2. The molecule has 0 aliphatic heterocycles. The van der Waals surface area contributed by atoms with Crippen molar-refractivity contribution in [3.05, 3.63) is 102 Å². The van der Waals surface area contributed by atoms with E-state index in [-0.39, 0.29) is 11.7 Å². The van der Waals surface area contributed by atoms with Gasteiger partial charge in [-0.25, -0.2) is 0 Å². The number of hydrogen-bond donors (Lipinski definition) is 2. The summed E-state index contributed by atoms with van der Waals surface area (Å²) in [7, 11) is 0. The van der Waals surface area contributed by atoms with Crippen LogP contribution in [-0.2, 0) is 4.79 Å². The van der Waals surface area contributed by atoms with Crippen LogP contribution in [0.5, 0.6) is 0 Å². The molecule has 0 saturated heterocycles. The van der Waals surface area contributed by atoms with Crippen LogP contribution >= 0.6 is 0 Å². The SMILES string of the molecule is Cc1c(C(=O)NC(C(=O)Nc2ccccc2)c2ccccc2)oc2ccccc12. The Labute approximate surface area is 168 Å². The Hall–Kier alpha value is -3.86. The highest BCUT2D eigenvalue weighted by Gasteiger charge is 2.26. The fourth-order valence-corrected chi connectivity index (χ4v) is 3.27. The minimum atomic E-state index is -0.864. The number of furan rings is 1. The molecule has 5 nitrogen and oxygen atoms in total. The highest BCUT2D eigenvalue weighted by atomic mass is 16.3. The Kier molecular flexibility index (Phi) is 5.12.